The fourth-order valence-electron chi connectivity index (χ4n) is 2.77. The second-order valence-corrected chi connectivity index (χ2v) is 5.95. The molecule has 0 bridgehead atoms. The zero-order chi connectivity index (χ0) is 17.8. The minimum atomic E-state index is -0.914. The molecule has 0 aliphatic carbocycles. The van der Waals surface area contributed by atoms with Crippen LogP contribution in [0.25, 0.3) is 21.5 Å². The second-order valence-electron chi connectivity index (χ2n) is 5.95. The highest BCUT2D eigenvalue weighted by molar-refractivity contribution is 6.05. The van der Waals surface area contributed by atoms with Crippen molar-refractivity contribution in [1.29, 1.82) is 0 Å². The van der Waals surface area contributed by atoms with E-state index in [2.05, 4.69) is 18.7 Å². The molecule has 4 nitrogen and oxygen atoms in total. The Kier molecular flexibility index (Phi) is 5.00. The molecule has 0 saturated carbocycles. The molecule has 3 rings (SSSR count). The maximum absolute atomic E-state index is 11.1. The van der Waals surface area contributed by atoms with Crippen LogP contribution in [0.3, 0.4) is 0 Å². The third-order valence-corrected chi connectivity index (χ3v) is 3.97. The molecule has 0 fully saturated rings. The van der Waals surface area contributed by atoms with Crippen LogP contribution >= 0.6 is 0 Å². The van der Waals surface area contributed by atoms with Crippen LogP contribution in [0.4, 0.5) is 0 Å². The number of aliphatic hydroxyl groups is 1. The zero-order valence-corrected chi connectivity index (χ0v) is 14.1. The first-order valence-electron chi connectivity index (χ1n) is 8.10. The summed E-state index contributed by atoms with van der Waals surface area (Å²) in [5.41, 5.74) is 1.17. The summed E-state index contributed by atoms with van der Waals surface area (Å²) in [6.07, 6.45) is 0.150. The summed E-state index contributed by atoms with van der Waals surface area (Å²) in [6, 6.07) is 16.3. The first-order valence-corrected chi connectivity index (χ1v) is 8.10. The molecule has 0 radical (unpaired) electrons. The van der Waals surface area contributed by atoms with E-state index in [1.807, 2.05) is 43.3 Å². The quantitative estimate of drug-likeness (QED) is 0.423. The predicted molar refractivity (Wildman–Crippen MR) is 98.8 cm³/mol. The Labute approximate surface area is 146 Å². The lowest BCUT2D eigenvalue weighted by Gasteiger charge is -2.16. The van der Waals surface area contributed by atoms with E-state index in [0.29, 0.717) is 0 Å². The number of benzene rings is 3. The van der Waals surface area contributed by atoms with Crippen molar-refractivity contribution in [1.82, 2.24) is 0 Å². The van der Waals surface area contributed by atoms with E-state index in [0.717, 1.165) is 33.4 Å². The summed E-state index contributed by atoms with van der Waals surface area (Å²) in [4.78, 5) is 11.1. The van der Waals surface area contributed by atoms with E-state index in [4.69, 9.17) is 9.47 Å². The number of carbonyl (C=O) groups is 1. The molecule has 0 saturated heterocycles. The first-order chi connectivity index (χ1) is 12.1. The Morgan fingerprint density at radius 2 is 1.88 bits per heavy atom. The molecule has 1 unspecified atom stereocenters. The van der Waals surface area contributed by atoms with Gasteiger partial charge in [-0.3, -0.25) is 0 Å². The molecular weight excluding hydrogens is 316 g/mol. The number of fused-ring (bicyclic) bond motifs is 2. The fraction of sp³-hybridized carbons (Fsp3) is 0.190. The van der Waals surface area contributed by atoms with Gasteiger partial charge < -0.3 is 14.6 Å². The lowest BCUT2D eigenvalue weighted by molar-refractivity contribution is -0.141. The minimum Gasteiger partial charge on any atom is -0.489 e. The molecular formula is C21H20O4. The van der Waals surface area contributed by atoms with Gasteiger partial charge in [-0.15, -0.1) is 0 Å². The number of rotatable bonds is 6. The molecule has 4 heteroatoms. The first kappa shape index (κ1) is 17.0. The topological polar surface area (TPSA) is 55.8 Å². The molecule has 0 aliphatic heterocycles. The summed E-state index contributed by atoms with van der Waals surface area (Å²) in [7, 11) is 0. The number of hydrogen-bond donors (Lipinski definition) is 1. The van der Waals surface area contributed by atoms with E-state index < -0.39 is 12.1 Å². The zero-order valence-electron chi connectivity index (χ0n) is 14.1. The number of ether oxygens (including phenoxy) is 2. The van der Waals surface area contributed by atoms with Crippen molar-refractivity contribution >= 4 is 27.5 Å². The monoisotopic (exact) mass is 336 g/mol. The van der Waals surface area contributed by atoms with Gasteiger partial charge >= 0.3 is 5.97 Å². The molecule has 1 atom stereocenters. The van der Waals surface area contributed by atoms with Gasteiger partial charge in [0.05, 0.1) is 0 Å². The van der Waals surface area contributed by atoms with Gasteiger partial charge in [-0.1, -0.05) is 54.6 Å². The summed E-state index contributed by atoms with van der Waals surface area (Å²) < 4.78 is 10.8. The Morgan fingerprint density at radius 3 is 2.68 bits per heavy atom. The fourth-order valence-corrected chi connectivity index (χ4v) is 2.77. The molecule has 128 valence electrons. The van der Waals surface area contributed by atoms with Crippen molar-refractivity contribution in [3.8, 4) is 5.75 Å². The number of aliphatic hydroxyl groups excluding tert-OH is 1. The number of aryl methyl sites for hydroxylation is 1. The van der Waals surface area contributed by atoms with Gasteiger partial charge in [-0.25, -0.2) is 4.79 Å². The number of hydrogen-bond acceptors (Lipinski definition) is 4. The minimum absolute atomic E-state index is 0.0292. The lowest BCUT2D eigenvalue weighted by Crippen LogP contribution is -2.24. The van der Waals surface area contributed by atoms with E-state index >= 15 is 0 Å². The summed E-state index contributed by atoms with van der Waals surface area (Å²) in [5.74, 6) is 0.160. The lowest BCUT2D eigenvalue weighted by atomic mass is 10.0. The van der Waals surface area contributed by atoms with Gasteiger partial charge in [0.2, 0.25) is 0 Å². The third-order valence-electron chi connectivity index (χ3n) is 3.97. The normalized spacial score (nSPS) is 12.1. The highest BCUT2D eigenvalue weighted by Gasteiger charge is 2.13. The predicted octanol–water partition coefficient (Wildman–Crippen LogP) is 3.77. The van der Waals surface area contributed by atoms with Crippen LogP contribution in [-0.2, 0) is 9.53 Å². The Bertz CT molecular complexity index is 930. The van der Waals surface area contributed by atoms with Gasteiger partial charge in [-0.2, -0.15) is 0 Å². The highest BCUT2D eigenvalue weighted by atomic mass is 16.5. The van der Waals surface area contributed by atoms with Crippen molar-refractivity contribution in [2.45, 2.75) is 13.0 Å². The van der Waals surface area contributed by atoms with Crippen LogP contribution in [0.1, 0.15) is 5.56 Å². The highest BCUT2D eigenvalue weighted by Crippen LogP contribution is 2.35. The maximum Gasteiger partial charge on any atom is 0.330 e. The Morgan fingerprint density at radius 1 is 1.12 bits per heavy atom. The molecule has 3 aromatic rings. The van der Waals surface area contributed by atoms with Crippen LogP contribution in [0.2, 0.25) is 0 Å². The van der Waals surface area contributed by atoms with Crippen LogP contribution in [0.15, 0.2) is 61.2 Å². The van der Waals surface area contributed by atoms with Crippen molar-refractivity contribution in [3.05, 3.63) is 66.7 Å². The molecule has 0 aliphatic rings. The van der Waals surface area contributed by atoms with Gasteiger partial charge in [0, 0.05) is 16.8 Å². The van der Waals surface area contributed by atoms with Crippen molar-refractivity contribution in [3.63, 3.8) is 0 Å². The maximum atomic E-state index is 11.1. The standard InChI is InChI=1S/C21H20O4/c1-3-20(23)24-12-17(22)13-25-21-18-7-5-4-6-15(18)11-16-10-14(2)8-9-19(16)21/h3-11,17,22H,1,12-13H2,2H3. The van der Waals surface area contributed by atoms with Crippen LogP contribution in [0.5, 0.6) is 5.75 Å². The Hall–Kier alpha value is -2.85. The van der Waals surface area contributed by atoms with Gasteiger partial charge in [-0.05, 0) is 23.8 Å². The van der Waals surface area contributed by atoms with E-state index in [1.165, 1.54) is 5.56 Å². The Balaban J connectivity index is 1.90. The average Bonchev–Trinajstić information content (AvgIpc) is 2.62. The third kappa shape index (κ3) is 3.80. The molecule has 1 N–H and O–H groups in total. The summed E-state index contributed by atoms with van der Waals surface area (Å²) in [5, 5.41) is 14.1. The van der Waals surface area contributed by atoms with Crippen LogP contribution in [-0.4, -0.2) is 30.4 Å². The molecule has 0 aromatic heterocycles. The molecule has 0 heterocycles. The van der Waals surface area contributed by atoms with E-state index in [9.17, 15) is 9.90 Å². The molecule has 3 aromatic carbocycles. The number of esters is 1. The summed E-state index contributed by atoms with van der Waals surface area (Å²) >= 11 is 0. The van der Waals surface area contributed by atoms with Crippen LogP contribution in [0, 0.1) is 6.92 Å². The smallest absolute Gasteiger partial charge is 0.330 e. The molecule has 0 amide bonds. The molecule has 0 spiro atoms. The van der Waals surface area contributed by atoms with Crippen LogP contribution < -0.4 is 4.74 Å². The SMILES string of the molecule is C=CC(=O)OCC(O)COc1c2ccccc2cc2cc(C)ccc12. The molecule has 25 heavy (non-hydrogen) atoms. The van der Waals surface area contributed by atoms with E-state index in [1.54, 1.807) is 0 Å². The van der Waals surface area contributed by atoms with Crippen molar-refractivity contribution < 1.29 is 19.4 Å². The van der Waals surface area contributed by atoms with Gasteiger partial charge in [0.15, 0.2) is 0 Å². The van der Waals surface area contributed by atoms with Gasteiger partial charge in [0.1, 0.15) is 25.1 Å². The van der Waals surface area contributed by atoms with E-state index in [-0.39, 0.29) is 13.2 Å². The van der Waals surface area contributed by atoms with Crippen molar-refractivity contribution in [2.75, 3.05) is 13.2 Å². The summed E-state index contributed by atoms with van der Waals surface area (Å²) in [6.45, 7) is 5.27. The largest absolute Gasteiger partial charge is 0.489 e. The van der Waals surface area contributed by atoms with Crippen molar-refractivity contribution in [2.24, 2.45) is 0 Å². The van der Waals surface area contributed by atoms with Gasteiger partial charge in [0.25, 0.3) is 0 Å². The average molecular weight is 336 g/mol. The number of carbonyl (C=O) groups excluding carboxylic acids is 1. The second kappa shape index (κ2) is 7.36.